The van der Waals surface area contributed by atoms with Gasteiger partial charge in [0, 0.05) is 37.6 Å². The lowest BCUT2D eigenvalue weighted by Gasteiger charge is -2.08. The number of imidazole rings is 1. The molecule has 0 radical (unpaired) electrons. The smallest absolute Gasteiger partial charge is 0.240 e. The Balaban J connectivity index is 1.92. The van der Waals surface area contributed by atoms with Crippen LogP contribution in [-0.2, 0) is 16.4 Å². The Kier molecular flexibility index (Phi) is 5.35. The molecular weight excluding hydrogens is 288 g/mol. The second-order valence-electron chi connectivity index (χ2n) is 4.63. The molecule has 0 amide bonds. The number of nitrogens with zero attached hydrogens (tertiary/aromatic N) is 1. The molecule has 0 saturated carbocycles. The number of nitrogens with one attached hydrogen (secondary N) is 3. The predicted molar refractivity (Wildman–Crippen MR) is 82.7 cm³/mol. The highest BCUT2D eigenvalue weighted by atomic mass is 32.2. The fraction of sp³-hybridized carbons (Fsp3) is 0.357. The monoisotopic (exact) mass is 308 g/mol. The van der Waals surface area contributed by atoms with E-state index >= 15 is 0 Å². The quantitative estimate of drug-likeness (QED) is 0.693. The minimum Gasteiger partial charge on any atom is -0.385 e. The van der Waals surface area contributed by atoms with E-state index in [-0.39, 0.29) is 4.90 Å². The molecule has 2 aromatic rings. The molecule has 1 aromatic carbocycles. The molecule has 0 bridgehead atoms. The van der Waals surface area contributed by atoms with Crippen molar-refractivity contribution < 1.29 is 8.42 Å². The molecule has 0 atom stereocenters. The number of aromatic amines is 1. The van der Waals surface area contributed by atoms with Crippen LogP contribution in [0.5, 0.6) is 0 Å². The molecule has 0 spiro atoms. The van der Waals surface area contributed by atoms with Crippen LogP contribution >= 0.6 is 0 Å². The van der Waals surface area contributed by atoms with Gasteiger partial charge < -0.3 is 10.3 Å². The Labute approximate surface area is 125 Å². The highest BCUT2D eigenvalue weighted by molar-refractivity contribution is 7.89. The van der Waals surface area contributed by atoms with E-state index < -0.39 is 10.0 Å². The first-order valence-corrected chi connectivity index (χ1v) is 8.42. The second-order valence-corrected chi connectivity index (χ2v) is 6.40. The van der Waals surface area contributed by atoms with E-state index in [9.17, 15) is 8.42 Å². The van der Waals surface area contributed by atoms with Crippen LogP contribution in [0.15, 0.2) is 41.6 Å². The first kappa shape index (κ1) is 15.5. The third kappa shape index (κ3) is 4.57. The van der Waals surface area contributed by atoms with Crippen LogP contribution < -0.4 is 10.0 Å². The van der Waals surface area contributed by atoms with Gasteiger partial charge in [0.25, 0.3) is 0 Å². The highest BCUT2D eigenvalue weighted by Crippen LogP contribution is 2.13. The topological polar surface area (TPSA) is 86.9 Å². The molecule has 2 rings (SSSR count). The fourth-order valence-corrected chi connectivity index (χ4v) is 2.87. The lowest BCUT2D eigenvalue weighted by Crippen LogP contribution is -2.26. The van der Waals surface area contributed by atoms with Gasteiger partial charge in [-0.15, -0.1) is 0 Å². The zero-order valence-corrected chi connectivity index (χ0v) is 12.8. The van der Waals surface area contributed by atoms with Gasteiger partial charge in [-0.25, -0.2) is 18.1 Å². The van der Waals surface area contributed by atoms with E-state index in [1.807, 2.05) is 0 Å². The van der Waals surface area contributed by atoms with Crippen molar-refractivity contribution in [3.8, 4) is 0 Å². The summed E-state index contributed by atoms with van der Waals surface area (Å²) in [6, 6.07) is 6.76. The number of hydrogen-bond acceptors (Lipinski definition) is 4. The number of anilines is 1. The van der Waals surface area contributed by atoms with Gasteiger partial charge in [-0.1, -0.05) is 6.92 Å². The standard InChI is InChI=1S/C14H20N4O2S/c1-2-8-15-12-3-5-13(6-4-12)21(19,20)18-9-7-14-16-10-11-17-14/h3-6,10-11,15,18H,2,7-9H2,1H3,(H,16,17). The summed E-state index contributed by atoms with van der Waals surface area (Å²) in [4.78, 5) is 7.25. The van der Waals surface area contributed by atoms with Crippen molar-refractivity contribution in [3.05, 3.63) is 42.5 Å². The Morgan fingerprint density at radius 1 is 1.19 bits per heavy atom. The van der Waals surface area contributed by atoms with Gasteiger partial charge in [0.15, 0.2) is 0 Å². The maximum Gasteiger partial charge on any atom is 0.240 e. The average molecular weight is 308 g/mol. The van der Waals surface area contributed by atoms with Gasteiger partial charge >= 0.3 is 0 Å². The molecule has 1 heterocycles. The van der Waals surface area contributed by atoms with Gasteiger partial charge in [-0.3, -0.25) is 0 Å². The molecule has 7 heteroatoms. The summed E-state index contributed by atoms with van der Waals surface area (Å²) in [7, 11) is -3.47. The van der Waals surface area contributed by atoms with Gasteiger partial charge in [-0.05, 0) is 30.7 Å². The molecule has 0 aliphatic rings. The van der Waals surface area contributed by atoms with Gasteiger partial charge in [0.05, 0.1) is 4.90 Å². The molecule has 0 unspecified atom stereocenters. The molecule has 1 aromatic heterocycles. The number of H-pyrrole nitrogens is 1. The van der Waals surface area contributed by atoms with E-state index in [2.05, 4.69) is 26.9 Å². The molecular formula is C14H20N4O2S. The summed E-state index contributed by atoms with van der Waals surface area (Å²) in [6.45, 7) is 3.26. The largest absolute Gasteiger partial charge is 0.385 e. The zero-order chi connectivity index (χ0) is 15.1. The number of sulfonamides is 1. The van der Waals surface area contributed by atoms with Gasteiger partial charge in [0.2, 0.25) is 10.0 Å². The summed E-state index contributed by atoms with van der Waals surface area (Å²) in [5, 5.41) is 3.21. The molecule has 0 aliphatic carbocycles. The first-order valence-electron chi connectivity index (χ1n) is 6.93. The minimum absolute atomic E-state index is 0.268. The molecule has 0 fully saturated rings. The molecule has 114 valence electrons. The fourth-order valence-electron chi connectivity index (χ4n) is 1.84. The van der Waals surface area contributed by atoms with Crippen molar-refractivity contribution in [2.24, 2.45) is 0 Å². The Bertz CT molecular complexity index is 636. The summed E-state index contributed by atoms with van der Waals surface area (Å²) < 4.78 is 26.8. The van der Waals surface area contributed by atoms with Crippen LogP contribution in [0.1, 0.15) is 19.2 Å². The van der Waals surface area contributed by atoms with Crippen molar-refractivity contribution >= 4 is 15.7 Å². The number of benzene rings is 1. The summed E-state index contributed by atoms with van der Waals surface area (Å²) in [6.07, 6.45) is 4.91. The van der Waals surface area contributed by atoms with Gasteiger partial charge in [0.1, 0.15) is 5.82 Å². The van der Waals surface area contributed by atoms with Crippen LogP contribution in [0.3, 0.4) is 0 Å². The Hall–Kier alpha value is -1.86. The van der Waals surface area contributed by atoms with E-state index in [0.717, 1.165) is 24.5 Å². The molecule has 21 heavy (non-hydrogen) atoms. The van der Waals surface area contributed by atoms with Crippen molar-refractivity contribution in [2.45, 2.75) is 24.7 Å². The van der Waals surface area contributed by atoms with Crippen LogP contribution in [-0.4, -0.2) is 31.5 Å². The molecule has 0 aliphatic heterocycles. The third-order valence-electron chi connectivity index (χ3n) is 2.95. The van der Waals surface area contributed by atoms with Crippen LogP contribution in [0.4, 0.5) is 5.69 Å². The second kappa shape index (κ2) is 7.24. The van der Waals surface area contributed by atoms with E-state index in [4.69, 9.17) is 0 Å². The van der Waals surface area contributed by atoms with E-state index in [1.54, 1.807) is 36.7 Å². The summed E-state index contributed by atoms with van der Waals surface area (Å²) in [5.74, 6) is 0.761. The predicted octanol–water partition coefficient (Wildman–Crippen LogP) is 1.75. The van der Waals surface area contributed by atoms with Crippen LogP contribution in [0.2, 0.25) is 0 Å². The summed E-state index contributed by atoms with van der Waals surface area (Å²) in [5.41, 5.74) is 0.923. The van der Waals surface area contributed by atoms with Crippen molar-refractivity contribution in [1.82, 2.24) is 14.7 Å². The molecule has 6 nitrogen and oxygen atoms in total. The van der Waals surface area contributed by atoms with Crippen molar-refractivity contribution in [2.75, 3.05) is 18.4 Å². The van der Waals surface area contributed by atoms with E-state index in [0.29, 0.717) is 13.0 Å². The SMILES string of the molecule is CCCNc1ccc(S(=O)(=O)NCCc2ncc[nH]2)cc1. The van der Waals surface area contributed by atoms with Gasteiger partial charge in [-0.2, -0.15) is 0 Å². The average Bonchev–Trinajstić information content (AvgIpc) is 2.98. The molecule has 0 saturated heterocycles. The third-order valence-corrected chi connectivity index (χ3v) is 4.43. The maximum absolute atomic E-state index is 12.1. The summed E-state index contributed by atoms with van der Waals surface area (Å²) >= 11 is 0. The zero-order valence-electron chi connectivity index (χ0n) is 12.0. The number of hydrogen-bond donors (Lipinski definition) is 3. The number of rotatable bonds is 8. The van der Waals surface area contributed by atoms with E-state index in [1.165, 1.54) is 0 Å². The van der Waals surface area contributed by atoms with Crippen molar-refractivity contribution in [3.63, 3.8) is 0 Å². The number of aromatic nitrogens is 2. The lowest BCUT2D eigenvalue weighted by molar-refractivity contribution is 0.581. The minimum atomic E-state index is -3.47. The van der Waals surface area contributed by atoms with Crippen molar-refractivity contribution in [1.29, 1.82) is 0 Å². The van der Waals surface area contributed by atoms with Crippen LogP contribution in [0.25, 0.3) is 0 Å². The Morgan fingerprint density at radius 2 is 1.95 bits per heavy atom. The lowest BCUT2D eigenvalue weighted by atomic mass is 10.3. The highest BCUT2D eigenvalue weighted by Gasteiger charge is 2.13. The Morgan fingerprint density at radius 3 is 2.57 bits per heavy atom. The molecule has 3 N–H and O–H groups in total. The maximum atomic E-state index is 12.1. The first-order chi connectivity index (χ1) is 10.1. The normalized spacial score (nSPS) is 11.5. The van der Waals surface area contributed by atoms with Crippen LogP contribution in [0, 0.1) is 0 Å².